The maximum absolute atomic E-state index is 3.95. The van der Waals surface area contributed by atoms with E-state index in [1.54, 1.807) is 25.7 Å². The number of nitrogens with zero attached hydrogens (tertiary/aromatic N) is 5. The number of hydrogen-bond acceptors (Lipinski definition) is 3. The Bertz CT molecular complexity index is 1160. The van der Waals surface area contributed by atoms with Crippen molar-refractivity contribution in [3.63, 3.8) is 0 Å². The van der Waals surface area contributed by atoms with Crippen molar-refractivity contribution in [2.75, 3.05) is 19.0 Å². The zero-order chi connectivity index (χ0) is 34.8. The highest BCUT2D eigenvalue weighted by molar-refractivity contribution is 5.83. The van der Waals surface area contributed by atoms with Gasteiger partial charge in [0.25, 0.3) is 0 Å². The Kier molecular flexibility index (Phi) is 31.5. The summed E-state index contributed by atoms with van der Waals surface area (Å²) in [4.78, 5) is 9.76. The first-order valence-electron chi connectivity index (χ1n) is 17.4. The molecule has 0 aliphatic rings. The number of para-hydroxylation sites is 1. The highest BCUT2D eigenvalue weighted by Gasteiger charge is 2.05. The molecular weight excluding hydrogens is 562 g/mol. The van der Waals surface area contributed by atoms with E-state index >= 15 is 0 Å². The third kappa shape index (κ3) is 24.6. The fourth-order valence-corrected chi connectivity index (χ4v) is 4.18. The average molecular weight is 631 g/mol. The van der Waals surface area contributed by atoms with Crippen LogP contribution in [0, 0.1) is 13.8 Å². The SMILES string of the molecule is C=C(C=NC)N(C)c1ccccc1C.CC.CC=N/C=C\C.CCCCCCCn1cc[n+](CCCCC)c1.Cc1ccccc1. The number of allylic oxidation sites excluding steroid dienone is 2. The zero-order valence-electron chi connectivity index (χ0n) is 31.3. The van der Waals surface area contributed by atoms with E-state index in [0.717, 1.165) is 11.4 Å². The molecule has 3 aromatic rings. The summed E-state index contributed by atoms with van der Waals surface area (Å²) in [6, 6.07) is 18.5. The first kappa shape index (κ1) is 44.4. The molecule has 0 aliphatic carbocycles. The molecule has 1 heterocycles. The number of benzene rings is 2. The summed E-state index contributed by atoms with van der Waals surface area (Å²) in [5.41, 5.74) is 4.61. The molecule has 3 rings (SSSR count). The molecule has 46 heavy (non-hydrogen) atoms. The van der Waals surface area contributed by atoms with E-state index < -0.39 is 0 Å². The highest BCUT2D eigenvalue weighted by atomic mass is 15.1. The van der Waals surface area contributed by atoms with E-state index in [4.69, 9.17) is 0 Å². The lowest BCUT2D eigenvalue weighted by Crippen LogP contribution is -2.30. The predicted molar refractivity (Wildman–Crippen MR) is 208 cm³/mol. The Labute approximate surface area is 284 Å². The van der Waals surface area contributed by atoms with Gasteiger partial charge in [-0.25, -0.2) is 9.13 Å². The van der Waals surface area contributed by atoms with Gasteiger partial charge in [0.2, 0.25) is 6.33 Å². The number of hydrogen-bond donors (Lipinski definition) is 0. The van der Waals surface area contributed by atoms with Crippen LogP contribution in [0.3, 0.4) is 0 Å². The molecule has 0 saturated carbocycles. The third-order valence-corrected chi connectivity index (χ3v) is 6.80. The van der Waals surface area contributed by atoms with Gasteiger partial charge >= 0.3 is 0 Å². The fraction of sp³-hybridized carbons (Fsp3) is 0.488. The summed E-state index contributed by atoms with van der Waals surface area (Å²) < 4.78 is 4.65. The lowest BCUT2D eigenvalue weighted by Gasteiger charge is -2.20. The Hall–Kier alpha value is -3.73. The second-order valence-corrected chi connectivity index (χ2v) is 10.8. The van der Waals surface area contributed by atoms with Crippen molar-refractivity contribution in [2.45, 2.75) is 120 Å². The number of anilines is 1. The van der Waals surface area contributed by atoms with Crippen molar-refractivity contribution < 1.29 is 4.57 Å². The first-order chi connectivity index (χ1) is 22.3. The van der Waals surface area contributed by atoms with Gasteiger partial charge in [0.1, 0.15) is 12.4 Å². The molecule has 256 valence electrons. The number of rotatable bonds is 14. The van der Waals surface area contributed by atoms with E-state index in [2.05, 4.69) is 96.4 Å². The molecule has 0 spiro atoms. The first-order valence-corrected chi connectivity index (χ1v) is 17.4. The van der Waals surface area contributed by atoms with E-state index in [1.165, 1.54) is 75.6 Å². The topological polar surface area (TPSA) is 36.8 Å². The molecule has 0 saturated heterocycles. The molecular formula is C41H68N5+. The van der Waals surface area contributed by atoms with Crippen molar-refractivity contribution in [2.24, 2.45) is 9.98 Å². The normalized spacial score (nSPS) is 10.2. The zero-order valence-corrected chi connectivity index (χ0v) is 31.3. The number of aryl methyl sites for hydroxylation is 4. The second kappa shape index (κ2) is 32.7. The highest BCUT2D eigenvalue weighted by Crippen LogP contribution is 2.20. The molecule has 0 unspecified atom stereocenters. The number of aromatic nitrogens is 2. The quantitative estimate of drug-likeness (QED) is 0.0991. The summed E-state index contributed by atoms with van der Waals surface area (Å²) in [6.45, 7) is 22.8. The maximum atomic E-state index is 3.95. The van der Waals surface area contributed by atoms with E-state index in [-0.39, 0.29) is 0 Å². The monoisotopic (exact) mass is 631 g/mol. The summed E-state index contributed by atoms with van der Waals surface area (Å²) in [5, 5.41) is 0. The van der Waals surface area contributed by atoms with Crippen molar-refractivity contribution >= 4 is 18.1 Å². The minimum absolute atomic E-state index is 0.891. The summed E-state index contributed by atoms with van der Waals surface area (Å²) in [7, 11) is 3.74. The molecule has 5 nitrogen and oxygen atoms in total. The Morgan fingerprint density at radius 1 is 0.870 bits per heavy atom. The summed E-state index contributed by atoms with van der Waals surface area (Å²) in [5.74, 6) is 0. The van der Waals surface area contributed by atoms with E-state index in [1.807, 2.05) is 76.1 Å². The second-order valence-electron chi connectivity index (χ2n) is 10.8. The van der Waals surface area contributed by atoms with Gasteiger partial charge in [0.05, 0.1) is 18.8 Å². The minimum Gasteiger partial charge on any atom is -0.344 e. The molecule has 0 atom stereocenters. The summed E-state index contributed by atoms with van der Waals surface area (Å²) in [6.07, 6.45) is 24.6. The average Bonchev–Trinajstić information content (AvgIpc) is 3.53. The fourth-order valence-electron chi connectivity index (χ4n) is 4.18. The van der Waals surface area contributed by atoms with Crippen LogP contribution in [0.2, 0.25) is 0 Å². The smallest absolute Gasteiger partial charge is 0.243 e. The Morgan fingerprint density at radius 3 is 2.00 bits per heavy atom. The van der Waals surface area contributed by atoms with Crippen molar-refractivity contribution in [3.8, 4) is 0 Å². The minimum atomic E-state index is 0.891. The van der Waals surface area contributed by atoms with Gasteiger partial charge < -0.3 is 4.90 Å². The molecule has 1 aromatic heterocycles. The molecule has 0 radical (unpaired) electrons. The third-order valence-electron chi connectivity index (χ3n) is 6.80. The lowest BCUT2D eigenvalue weighted by atomic mass is 10.1. The van der Waals surface area contributed by atoms with Crippen molar-refractivity contribution in [1.29, 1.82) is 0 Å². The van der Waals surface area contributed by atoms with Crippen LogP contribution in [-0.2, 0) is 13.1 Å². The van der Waals surface area contributed by atoms with Crippen LogP contribution in [0.25, 0.3) is 0 Å². The standard InChI is InChI=1S/C15H29N2.C12H16N2.C7H8.C5H9N.C2H6/c1-3-5-7-8-10-12-17-14-13-16(15-17)11-9-6-4-2;1-10-7-5-6-8-12(10)14(4)11(2)9-13-3;1-7-5-3-2-4-6-7;1-3-5-6-4-2;1-2/h13-15H,3-12H2,1-2H3;5-9H,2H2,1,3-4H3;2-6H,1H3;3-5H,1-2H3;1-2H3/q+1;;;;/b;;;5-3-,6-4?;. The molecule has 2 aromatic carbocycles. The Balaban J connectivity index is 0. The number of unbranched alkanes of at least 4 members (excludes halogenated alkanes) is 6. The molecule has 5 heteroatoms. The van der Waals surface area contributed by atoms with Crippen LogP contribution in [0.1, 0.15) is 104 Å². The van der Waals surface area contributed by atoms with E-state index in [0.29, 0.717) is 0 Å². The van der Waals surface area contributed by atoms with Crippen LogP contribution in [-0.4, -0.2) is 31.1 Å². The van der Waals surface area contributed by atoms with Crippen LogP contribution >= 0.6 is 0 Å². The van der Waals surface area contributed by atoms with Crippen LogP contribution in [0.4, 0.5) is 5.69 Å². The predicted octanol–water partition coefficient (Wildman–Crippen LogP) is 11.2. The Morgan fingerprint density at radius 2 is 1.48 bits per heavy atom. The summed E-state index contributed by atoms with van der Waals surface area (Å²) >= 11 is 0. The van der Waals surface area contributed by atoms with Crippen LogP contribution < -0.4 is 9.47 Å². The van der Waals surface area contributed by atoms with Crippen LogP contribution in [0.5, 0.6) is 0 Å². The van der Waals surface area contributed by atoms with Crippen LogP contribution in [0.15, 0.2) is 108 Å². The van der Waals surface area contributed by atoms with Gasteiger partial charge in [-0.2, -0.15) is 0 Å². The molecule has 0 fully saturated rings. The molecule has 0 bridgehead atoms. The van der Waals surface area contributed by atoms with Gasteiger partial charge in [-0.1, -0.05) is 120 Å². The molecule has 0 amide bonds. The molecule has 0 N–H and O–H groups in total. The van der Waals surface area contributed by atoms with Gasteiger partial charge in [0, 0.05) is 38.4 Å². The van der Waals surface area contributed by atoms with Crippen molar-refractivity contribution in [3.05, 3.63) is 109 Å². The van der Waals surface area contributed by atoms with E-state index in [9.17, 15) is 0 Å². The largest absolute Gasteiger partial charge is 0.344 e. The van der Waals surface area contributed by atoms with Gasteiger partial charge in [-0.05, 0) is 65.0 Å². The number of imidazole rings is 1. The van der Waals surface area contributed by atoms with Gasteiger partial charge in [-0.15, -0.1) is 0 Å². The maximum Gasteiger partial charge on any atom is 0.243 e. The van der Waals surface area contributed by atoms with Gasteiger partial charge in [-0.3, -0.25) is 9.98 Å². The van der Waals surface area contributed by atoms with Crippen molar-refractivity contribution in [1.82, 2.24) is 4.57 Å². The lowest BCUT2D eigenvalue weighted by molar-refractivity contribution is -0.696. The van der Waals surface area contributed by atoms with Gasteiger partial charge in [0.15, 0.2) is 0 Å². The number of aliphatic imine (C=N–C) groups is 2. The molecule has 0 aliphatic heterocycles.